The predicted molar refractivity (Wildman–Crippen MR) is 124 cm³/mol. The standard InChI is InChI=1S/C27H36O4/c1-6-19(3)16-22-8-12-24(13-9-22)26(28)30-18-21(5)31-27(29)25-14-10-23(11-15-25)17-20(4)7-2/h8-15,19-21H,6-7,16-18H2,1-5H3. The van der Waals surface area contributed by atoms with E-state index in [1.165, 1.54) is 11.1 Å². The van der Waals surface area contributed by atoms with Crippen molar-refractivity contribution in [2.75, 3.05) is 6.61 Å². The lowest BCUT2D eigenvalue weighted by Gasteiger charge is -2.14. The van der Waals surface area contributed by atoms with E-state index in [1.54, 1.807) is 31.2 Å². The Labute approximate surface area is 187 Å². The Morgan fingerprint density at radius 3 is 1.55 bits per heavy atom. The molecule has 0 spiro atoms. The number of ether oxygens (including phenoxy) is 2. The van der Waals surface area contributed by atoms with Crippen LogP contribution in [0.5, 0.6) is 0 Å². The third-order valence-corrected chi connectivity index (χ3v) is 5.70. The number of benzene rings is 2. The van der Waals surface area contributed by atoms with Crippen molar-refractivity contribution < 1.29 is 19.1 Å². The average molecular weight is 425 g/mol. The number of carbonyl (C=O) groups excluding carboxylic acids is 2. The Balaban J connectivity index is 1.80. The molecule has 0 fully saturated rings. The first-order chi connectivity index (χ1) is 14.8. The van der Waals surface area contributed by atoms with E-state index in [2.05, 4.69) is 27.7 Å². The van der Waals surface area contributed by atoms with Gasteiger partial charge in [-0.1, -0.05) is 64.8 Å². The van der Waals surface area contributed by atoms with E-state index in [-0.39, 0.29) is 6.61 Å². The molecule has 0 bridgehead atoms. The van der Waals surface area contributed by atoms with Gasteiger partial charge in [0.25, 0.3) is 0 Å². The second-order valence-corrected chi connectivity index (χ2v) is 8.64. The van der Waals surface area contributed by atoms with Crippen LogP contribution in [0, 0.1) is 11.8 Å². The van der Waals surface area contributed by atoms with E-state index in [0.717, 1.165) is 25.7 Å². The summed E-state index contributed by atoms with van der Waals surface area (Å²) in [6.07, 6.45) is 3.72. The van der Waals surface area contributed by atoms with Crippen molar-refractivity contribution in [2.24, 2.45) is 11.8 Å². The molecule has 31 heavy (non-hydrogen) atoms. The minimum absolute atomic E-state index is 0.0191. The first-order valence-electron chi connectivity index (χ1n) is 11.4. The summed E-state index contributed by atoms with van der Waals surface area (Å²) in [6.45, 7) is 10.5. The van der Waals surface area contributed by atoms with Crippen molar-refractivity contribution >= 4 is 11.9 Å². The van der Waals surface area contributed by atoms with Crippen molar-refractivity contribution in [2.45, 2.75) is 66.4 Å². The first-order valence-corrected chi connectivity index (χ1v) is 11.4. The zero-order chi connectivity index (χ0) is 22.8. The Bertz CT molecular complexity index is 823. The summed E-state index contributed by atoms with van der Waals surface area (Å²) in [5.41, 5.74) is 3.43. The molecule has 0 radical (unpaired) electrons. The van der Waals surface area contributed by atoms with Gasteiger partial charge in [-0.15, -0.1) is 0 Å². The van der Waals surface area contributed by atoms with E-state index < -0.39 is 18.0 Å². The molecular formula is C27H36O4. The fourth-order valence-electron chi connectivity index (χ4n) is 3.21. The maximum atomic E-state index is 12.3. The first kappa shape index (κ1) is 24.6. The molecule has 0 saturated heterocycles. The largest absolute Gasteiger partial charge is 0.458 e. The average Bonchev–Trinajstić information content (AvgIpc) is 2.78. The van der Waals surface area contributed by atoms with E-state index in [9.17, 15) is 9.59 Å². The number of hydrogen-bond acceptors (Lipinski definition) is 4. The highest BCUT2D eigenvalue weighted by Crippen LogP contribution is 2.15. The van der Waals surface area contributed by atoms with Gasteiger partial charge in [-0.25, -0.2) is 9.59 Å². The lowest BCUT2D eigenvalue weighted by Crippen LogP contribution is -2.22. The smallest absolute Gasteiger partial charge is 0.338 e. The van der Waals surface area contributed by atoms with Gasteiger partial charge in [0.15, 0.2) is 0 Å². The van der Waals surface area contributed by atoms with Gasteiger partial charge in [0.1, 0.15) is 12.7 Å². The molecule has 0 saturated carbocycles. The molecule has 0 amide bonds. The highest BCUT2D eigenvalue weighted by atomic mass is 16.6. The topological polar surface area (TPSA) is 52.6 Å². The van der Waals surface area contributed by atoms with Crippen LogP contribution in [0.15, 0.2) is 48.5 Å². The van der Waals surface area contributed by atoms with Gasteiger partial charge in [-0.2, -0.15) is 0 Å². The maximum absolute atomic E-state index is 12.3. The third-order valence-electron chi connectivity index (χ3n) is 5.70. The predicted octanol–water partition coefficient (Wildman–Crippen LogP) is 6.27. The SMILES string of the molecule is CCC(C)Cc1ccc(C(=O)OCC(C)OC(=O)c2ccc(CC(C)CC)cc2)cc1. The number of esters is 2. The second kappa shape index (κ2) is 12.3. The van der Waals surface area contributed by atoms with Crippen molar-refractivity contribution in [3.63, 3.8) is 0 Å². The minimum atomic E-state index is -0.527. The van der Waals surface area contributed by atoms with Crippen LogP contribution in [0.25, 0.3) is 0 Å². The molecule has 2 aromatic carbocycles. The normalized spacial score (nSPS) is 13.8. The quantitative estimate of drug-likeness (QED) is 0.399. The number of carbonyl (C=O) groups is 2. The summed E-state index contributed by atoms with van der Waals surface area (Å²) < 4.78 is 10.8. The molecule has 0 aromatic heterocycles. The zero-order valence-corrected chi connectivity index (χ0v) is 19.5. The molecule has 4 nitrogen and oxygen atoms in total. The van der Waals surface area contributed by atoms with Crippen LogP contribution in [0.4, 0.5) is 0 Å². The van der Waals surface area contributed by atoms with Crippen molar-refractivity contribution in [3.05, 3.63) is 70.8 Å². The molecule has 2 rings (SSSR count). The molecule has 3 unspecified atom stereocenters. The zero-order valence-electron chi connectivity index (χ0n) is 19.5. The minimum Gasteiger partial charge on any atom is -0.458 e. The Kier molecular flexibility index (Phi) is 9.77. The fraction of sp³-hybridized carbons (Fsp3) is 0.481. The van der Waals surface area contributed by atoms with E-state index in [4.69, 9.17) is 9.47 Å². The lowest BCUT2D eigenvalue weighted by atomic mass is 9.98. The summed E-state index contributed by atoms with van der Waals surface area (Å²) in [5, 5.41) is 0. The van der Waals surface area contributed by atoms with Crippen LogP contribution in [0.1, 0.15) is 79.3 Å². The molecule has 2 aromatic rings. The molecule has 0 N–H and O–H groups in total. The Hall–Kier alpha value is -2.62. The van der Waals surface area contributed by atoms with Gasteiger partial charge in [-0.05, 0) is 67.0 Å². The molecule has 0 heterocycles. The van der Waals surface area contributed by atoms with E-state index in [0.29, 0.717) is 23.0 Å². The Morgan fingerprint density at radius 2 is 1.13 bits per heavy atom. The van der Waals surface area contributed by atoms with Gasteiger partial charge >= 0.3 is 11.9 Å². The maximum Gasteiger partial charge on any atom is 0.338 e. The van der Waals surface area contributed by atoms with Gasteiger partial charge < -0.3 is 9.47 Å². The summed E-state index contributed by atoms with van der Waals surface area (Å²) in [5.74, 6) is 0.411. The van der Waals surface area contributed by atoms with E-state index in [1.807, 2.05) is 24.3 Å². The van der Waals surface area contributed by atoms with Crippen LogP contribution in [-0.2, 0) is 22.3 Å². The van der Waals surface area contributed by atoms with Gasteiger partial charge in [0, 0.05) is 0 Å². The summed E-state index contributed by atoms with van der Waals surface area (Å²) >= 11 is 0. The summed E-state index contributed by atoms with van der Waals surface area (Å²) in [4.78, 5) is 24.6. The van der Waals surface area contributed by atoms with Gasteiger partial charge in [0.05, 0.1) is 11.1 Å². The van der Waals surface area contributed by atoms with Crippen LogP contribution in [-0.4, -0.2) is 24.6 Å². The fourth-order valence-corrected chi connectivity index (χ4v) is 3.21. The molecule has 4 heteroatoms. The van der Waals surface area contributed by atoms with Gasteiger partial charge in [0.2, 0.25) is 0 Å². The summed E-state index contributed by atoms with van der Waals surface area (Å²) in [6, 6.07) is 15.0. The molecule has 3 atom stereocenters. The van der Waals surface area contributed by atoms with Crippen LogP contribution < -0.4 is 0 Å². The molecular weight excluding hydrogens is 388 g/mol. The van der Waals surface area contributed by atoms with Crippen LogP contribution in [0.3, 0.4) is 0 Å². The molecule has 0 aliphatic rings. The monoisotopic (exact) mass is 424 g/mol. The Morgan fingerprint density at radius 1 is 0.710 bits per heavy atom. The molecule has 0 aliphatic carbocycles. The van der Waals surface area contributed by atoms with Crippen molar-refractivity contribution in [1.82, 2.24) is 0 Å². The third kappa shape index (κ3) is 8.20. The second-order valence-electron chi connectivity index (χ2n) is 8.64. The highest BCUT2D eigenvalue weighted by Gasteiger charge is 2.15. The van der Waals surface area contributed by atoms with Gasteiger partial charge in [-0.3, -0.25) is 0 Å². The van der Waals surface area contributed by atoms with Crippen LogP contribution in [0.2, 0.25) is 0 Å². The highest BCUT2D eigenvalue weighted by molar-refractivity contribution is 5.90. The lowest BCUT2D eigenvalue weighted by molar-refractivity contribution is 0.00448. The molecule has 0 aliphatic heterocycles. The van der Waals surface area contributed by atoms with E-state index >= 15 is 0 Å². The number of rotatable bonds is 11. The molecule has 168 valence electrons. The number of hydrogen-bond donors (Lipinski definition) is 0. The van der Waals surface area contributed by atoms with Crippen molar-refractivity contribution in [1.29, 1.82) is 0 Å². The van der Waals surface area contributed by atoms with Crippen LogP contribution >= 0.6 is 0 Å². The van der Waals surface area contributed by atoms with Crippen molar-refractivity contribution in [3.8, 4) is 0 Å². The summed E-state index contributed by atoms with van der Waals surface area (Å²) in [7, 11) is 0.